The minimum Gasteiger partial charge on any atom is -0.366 e. The number of hydrogen-bond donors (Lipinski definition) is 1. The van der Waals surface area contributed by atoms with Crippen molar-refractivity contribution >= 4 is 11.6 Å². The first-order valence-electron chi connectivity index (χ1n) is 5.51. The quantitative estimate of drug-likeness (QED) is 0.671. The molecule has 0 unspecified atom stereocenters. The van der Waals surface area contributed by atoms with Gasteiger partial charge in [0.25, 0.3) is 11.6 Å². The highest BCUT2D eigenvalue weighted by molar-refractivity contribution is 5.98. The van der Waals surface area contributed by atoms with E-state index in [0.29, 0.717) is 16.8 Å². The Kier molecular flexibility index (Phi) is 3.24. The van der Waals surface area contributed by atoms with Gasteiger partial charge in [0.05, 0.1) is 16.2 Å². The number of carbonyl (C=O) groups is 1. The smallest absolute Gasteiger partial charge is 0.272 e. The summed E-state index contributed by atoms with van der Waals surface area (Å²) in [6.07, 6.45) is 1.51. The number of benzene rings is 1. The topological polar surface area (TPSA) is 99.1 Å². The molecule has 19 heavy (non-hydrogen) atoms. The van der Waals surface area contributed by atoms with Gasteiger partial charge in [-0.15, -0.1) is 0 Å². The number of carbonyl (C=O) groups excluding carboxylic acids is 1. The highest BCUT2D eigenvalue weighted by Gasteiger charge is 2.16. The molecule has 1 aromatic heterocycles. The molecule has 1 heterocycles. The highest BCUT2D eigenvalue weighted by Crippen LogP contribution is 2.27. The van der Waals surface area contributed by atoms with E-state index in [1.54, 1.807) is 25.1 Å². The number of hydrogen-bond acceptors (Lipinski definition) is 4. The number of aryl methyl sites for hydroxylation is 1. The van der Waals surface area contributed by atoms with Gasteiger partial charge in [0.2, 0.25) is 0 Å². The van der Waals surface area contributed by atoms with E-state index in [9.17, 15) is 14.9 Å². The largest absolute Gasteiger partial charge is 0.366 e. The molecule has 2 rings (SSSR count). The second-order valence-electron chi connectivity index (χ2n) is 4.02. The summed E-state index contributed by atoms with van der Waals surface area (Å²) in [4.78, 5) is 25.9. The van der Waals surface area contributed by atoms with E-state index >= 15 is 0 Å². The van der Waals surface area contributed by atoms with Crippen LogP contribution in [-0.2, 0) is 0 Å². The van der Waals surface area contributed by atoms with Gasteiger partial charge in [0, 0.05) is 23.4 Å². The van der Waals surface area contributed by atoms with E-state index < -0.39 is 10.8 Å². The van der Waals surface area contributed by atoms with Gasteiger partial charge in [0.15, 0.2) is 0 Å². The predicted octanol–water partition coefficient (Wildman–Crippen LogP) is 2.06. The Morgan fingerprint density at radius 1 is 1.37 bits per heavy atom. The molecule has 2 N–H and O–H groups in total. The Balaban J connectivity index is 2.63. The number of aromatic nitrogens is 1. The summed E-state index contributed by atoms with van der Waals surface area (Å²) in [5.74, 6) is -0.619. The van der Waals surface area contributed by atoms with Crippen LogP contribution in [0.25, 0.3) is 11.3 Å². The Morgan fingerprint density at radius 2 is 2.11 bits per heavy atom. The molecule has 0 saturated heterocycles. The molecule has 0 aliphatic carbocycles. The van der Waals surface area contributed by atoms with Crippen molar-refractivity contribution in [1.29, 1.82) is 0 Å². The summed E-state index contributed by atoms with van der Waals surface area (Å²) in [6, 6.07) is 7.82. The first-order valence-corrected chi connectivity index (χ1v) is 5.51. The van der Waals surface area contributed by atoms with Gasteiger partial charge in [-0.25, -0.2) is 0 Å². The van der Waals surface area contributed by atoms with Crippen molar-refractivity contribution in [2.45, 2.75) is 6.92 Å². The van der Waals surface area contributed by atoms with Crippen LogP contribution in [0.5, 0.6) is 0 Å². The van der Waals surface area contributed by atoms with E-state index in [1.165, 1.54) is 18.3 Å². The van der Waals surface area contributed by atoms with Crippen molar-refractivity contribution < 1.29 is 9.72 Å². The first-order chi connectivity index (χ1) is 9.00. The lowest BCUT2D eigenvalue weighted by Gasteiger charge is -2.06. The fraction of sp³-hybridized carbons (Fsp3) is 0.0769. The fourth-order valence-electron chi connectivity index (χ4n) is 1.79. The average Bonchev–Trinajstić information content (AvgIpc) is 2.39. The minimum absolute atomic E-state index is 0.0152. The number of nitrogens with two attached hydrogens (primary N) is 1. The third-order valence-electron chi connectivity index (χ3n) is 2.75. The number of nitro groups is 1. The number of nitrogens with zero attached hydrogens (tertiary/aromatic N) is 2. The molecular formula is C13H11N3O3. The van der Waals surface area contributed by atoms with Crippen molar-refractivity contribution in [2.24, 2.45) is 5.73 Å². The van der Waals surface area contributed by atoms with Crippen molar-refractivity contribution in [1.82, 2.24) is 4.98 Å². The lowest BCUT2D eigenvalue weighted by molar-refractivity contribution is -0.385. The number of primary amides is 1. The number of rotatable bonds is 3. The second-order valence-corrected chi connectivity index (χ2v) is 4.02. The van der Waals surface area contributed by atoms with E-state index in [-0.39, 0.29) is 11.3 Å². The standard InChI is InChI=1S/C13H11N3O3/c1-8-4-5-9(7-11(8)16(18)19)12-10(13(14)17)3-2-6-15-12/h2-7H,1H3,(H2,14,17). The van der Waals surface area contributed by atoms with Crippen LogP contribution < -0.4 is 5.73 Å². The maximum atomic E-state index is 11.3. The maximum absolute atomic E-state index is 11.3. The van der Waals surface area contributed by atoms with Crippen molar-refractivity contribution in [3.63, 3.8) is 0 Å². The van der Waals surface area contributed by atoms with E-state index in [1.807, 2.05) is 0 Å². The summed E-state index contributed by atoms with van der Waals surface area (Å²) in [5.41, 5.74) is 6.87. The van der Waals surface area contributed by atoms with Crippen LogP contribution in [0.4, 0.5) is 5.69 Å². The molecule has 96 valence electrons. The number of nitro benzene ring substituents is 1. The third kappa shape index (κ3) is 2.42. The summed E-state index contributed by atoms with van der Waals surface area (Å²) in [7, 11) is 0. The van der Waals surface area contributed by atoms with Gasteiger partial charge in [-0.1, -0.05) is 12.1 Å². The summed E-state index contributed by atoms with van der Waals surface area (Å²) < 4.78 is 0. The van der Waals surface area contributed by atoms with E-state index in [2.05, 4.69) is 4.98 Å². The average molecular weight is 257 g/mol. The maximum Gasteiger partial charge on any atom is 0.272 e. The lowest BCUT2D eigenvalue weighted by atomic mass is 10.0. The normalized spacial score (nSPS) is 10.2. The molecule has 0 radical (unpaired) electrons. The summed E-state index contributed by atoms with van der Waals surface area (Å²) in [6.45, 7) is 1.65. The molecule has 0 aliphatic heterocycles. The molecular weight excluding hydrogens is 246 g/mol. The van der Waals surface area contributed by atoms with E-state index in [0.717, 1.165) is 0 Å². The minimum atomic E-state index is -0.619. The zero-order valence-corrected chi connectivity index (χ0v) is 10.2. The summed E-state index contributed by atoms with van der Waals surface area (Å²) in [5, 5.41) is 10.9. The monoisotopic (exact) mass is 257 g/mol. The molecule has 0 aliphatic rings. The van der Waals surface area contributed by atoms with Crippen LogP contribution in [0.1, 0.15) is 15.9 Å². The van der Waals surface area contributed by atoms with E-state index in [4.69, 9.17) is 5.73 Å². The van der Waals surface area contributed by atoms with Crippen LogP contribution >= 0.6 is 0 Å². The second kappa shape index (κ2) is 4.85. The van der Waals surface area contributed by atoms with Gasteiger partial charge in [-0.3, -0.25) is 19.9 Å². The molecule has 1 amide bonds. The molecule has 0 fully saturated rings. The van der Waals surface area contributed by atoms with Crippen molar-refractivity contribution in [2.75, 3.05) is 0 Å². The van der Waals surface area contributed by atoms with Crippen LogP contribution in [0.2, 0.25) is 0 Å². The Morgan fingerprint density at radius 3 is 2.74 bits per heavy atom. The Bertz CT molecular complexity index is 668. The molecule has 0 atom stereocenters. The third-order valence-corrected chi connectivity index (χ3v) is 2.75. The number of amides is 1. The van der Waals surface area contributed by atoms with Crippen LogP contribution in [0.15, 0.2) is 36.5 Å². The SMILES string of the molecule is Cc1ccc(-c2ncccc2C(N)=O)cc1[N+](=O)[O-]. The first kappa shape index (κ1) is 12.7. The zero-order valence-electron chi connectivity index (χ0n) is 10.2. The van der Waals surface area contributed by atoms with Crippen LogP contribution in [0.3, 0.4) is 0 Å². The van der Waals surface area contributed by atoms with Gasteiger partial charge in [-0.05, 0) is 19.1 Å². The van der Waals surface area contributed by atoms with Crippen molar-refractivity contribution in [3.8, 4) is 11.3 Å². The summed E-state index contributed by atoms with van der Waals surface area (Å²) >= 11 is 0. The number of pyridine rings is 1. The Hall–Kier alpha value is -2.76. The molecule has 1 aromatic carbocycles. The van der Waals surface area contributed by atoms with Gasteiger partial charge in [0.1, 0.15) is 0 Å². The lowest BCUT2D eigenvalue weighted by Crippen LogP contribution is -2.13. The van der Waals surface area contributed by atoms with Gasteiger partial charge >= 0.3 is 0 Å². The van der Waals surface area contributed by atoms with Crippen LogP contribution in [-0.4, -0.2) is 15.8 Å². The zero-order chi connectivity index (χ0) is 14.0. The molecule has 6 heteroatoms. The Labute approximate surface area is 109 Å². The molecule has 0 bridgehead atoms. The van der Waals surface area contributed by atoms with Gasteiger partial charge in [-0.2, -0.15) is 0 Å². The molecule has 0 saturated carbocycles. The molecule has 0 spiro atoms. The highest BCUT2D eigenvalue weighted by atomic mass is 16.6. The van der Waals surface area contributed by atoms with Crippen molar-refractivity contribution in [3.05, 3.63) is 57.8 Å². The predicted molar refractivity (Wildman–Crippen MR) is 69.6 cm³/mol. The van der Waals surface area contributed by atoms with Crippen LogP contribution in [0, 0.1) is 17.0 Å². The fourth-order valence-corrected chi connectivity index (χ4v) is 1.79. The van der Waals surface area contributed by atoms with Gasteiger partial charge < -0.3 is 5.73 Å². The molecule has 6 nitrogen and oxygen atoms in total. The molecule has 2 aromatic rings.